The van der Waals surface area contributed by atoms with Crippen LogP contribution in [0.25, 0.3) is 64.3 Å². The molecule has 0 bridgehead atoms. The number of hydrogen-bond donors (Lipinski definition) is 0. The summed E-state index contributed by atoms with van der Waals surface area (Å²) in [7, 11) is 0. The van der Waals surface area contributed by atoms with Gasteiger partial charge in [-0.1, -0.05) is 152 Å². The summed E-state index contributed by atoms with van der Waals surface area (Å²) in [5.74, 6) is 0. The summed E-state index contributed by atoms with van der Waals surface area (Å²) in [4.78, 5) is 2.36. The van der Waals surface area contributed by atoms with Crippen molar-refractivity contribution in [1.29, 1.82) is 0 Å². The topological polar surface area (TPSA) is 3.24 Å². The van der Waals surface area contributed by atoms with Gasteiger partial charge in [0.15, 0.2) is 0 Å². The first-order valence-corrected chi connectivity index (χ1v) is 20.2. The van der Waals surface area contributed by atoms with Gasteiger partial charge in [-0.25, -0.2) is 0 Å². The van der Waals surface area contributed by atoms with E-state index in [1.54, 1.807) is 0 Å². The average molecular weight is 732 g/mol. The van der Waals surface area contributed by atoms with E-state index >= 15 is 0 Å². The van der Waals surface area contributed by atoms with Crippen molar-refractivity contribution in [3.8, 4) is 33.4 Å². The fourth-order valence-corrected chi connectivity index (χ4v) is 10.2. The highest BCUT2D eigenvalue weighted by molar-refractivity contribution is 7.25. The molecule has 1 heterocycles. The highest BCUT2D eigenvalue weighted by Crippen LogP contribution is 2.53. The fourth-order valence-electron chi connectivity index (χ4n) is 9.10. The van der Waals surface area contributed by atoms with Gasteiger partial charge >= 0.3 is 0 Å². The van der Waals surface area contributed by atoms with E-state index < -0.39 is 0 Å². The van der Waals surface area contributed by atoms with Crippen LogP contribution in [0.15, 0.2) is 206 Å². The van der Waals surface area contributed by atoms with E-state index in [1.165, 1.54) is 86.7 Å². The summed E-state index contributed by atoms with van der Waals surface area (Å²) in [6.45, 7) is 2.40. The number of benzene rings is 9. The molecule has 56 heavy (non-hydrogen) atoms. The van der Waals surface area contributed by atoms with Crippen LogP contribution in [-0.4, -0.2) is 0 Å². The lowest BCUT2D eigenvalue weighted by molar-refractivity contribution is 0.715. The van der Waals surface area contributed by atoms with Crippen LogP contribution in [-0.2, 0) is 5.41 Å². The van der Waals surface area contributed by atoms with E-state index in [9.17, 15) is 0 Å². The Balaban J connectivity index is 0.924. The average Bonchev–Trinajstić information content (AvgIpc) is 3.77. The van der Waals surface area contributed by atoms with Crippen molar-refractivity contribution in [2.24, 2.45) is 0 Å². The van der Waals surface area contributed by atoms with E-state index in [4.69, 9.17) is 0 Å². The minimum atomic E-state index is -0.211. The summed E-state index contributed by atoms with van der Waals surface area (Å²) in [5, 5.41) is 5.11. The molecular formula is C54H37NS. The Morgan fingerprint density at radius 2 is 0.911 bits per heavy atom. The van der Waals surface area contributed by atoms with Crippen LogP contribution in [0.5, 0.6) is 0 Å². The van der Waals surface area contributed by atoms with Gasteiger partial charge in [-0.05, 0) is 117 Å². The van der Waals surface area contributed by atoms with Crippen LogP contribution in [0.1, 0.15) is 23.6 Å². The molecule has 1 aliphatic carbocycles. The van der Waals surface area contributed by atoms with Gasteiger partial charge in [-0.15, -0.1) is 11.3 Å². The monoisotopic (exact) mass is 731 g/mol. The van der Waals surface area contributed by atoms with Crippen LogP contribution < -0.4 is 4.90 Å². The summed E-state index contributed by atoms with van der Waals surface area (Å²) in [6, 6.07) is 75.8. The predicted molar refractivity (Wildman–Crippen MR) is 240 cm³/mol. The largest absolute Gasteiger partial charge is 0.310 e. The fraction of sp³-hybridized carbons (Fsp3) is 0.0370. The van der Waals surface area contributed by atoms with Crippen LogP contribution in [0, 0.1) is 0 Å². The van der Waals surface area contributed by atoms with Gasteiger partial charge in [0.05, 0.1) is 5.69 Å². The summed E-state index contributed by atoms with van der Waals surface area (Å²) < 4.78 is 2.65. The van der Waals surface area contributed by atoms with Crippen LogP contribution in [0.4, 0.5) is 17.1 Å². The van der Waals surface area contributed by atoms with Gasteiger partial charge < -0.3 is 4.90 Å². The van der Waals surface area contributed by atoms with E-state index in [2.05, 4.69) is 218 Å². The molecule has 0 fully saturated rings. The molecule has 1 aliphatic rings. The predicted octanol–water partition coefficient (Wildman–Crippen LogP) is 15.3. The zero-order valence-electron chi connectivity index (χ0n) is 31.0. The first-order chi connectivity index (χ1) is 27.6. The Labute approximate surface area is 331 Å². The first-order valence-electron chi connectivity index (χ1n) is 19.3. The molecule has 2 heteroatoms. The standard InChI is InChI=1S/C54H37NS/c1-54(49-19-9-7-17-45(49)46-18-8-10-20-50(46)54)41-29-33-53-48(35-41)47-34-40(28-32-52(47)56-53)38-24-22-36(23-25-38)37-26-30-43(31-27-37)55(42-14-3-2-4-15-42)51-21-11-13-39-12-5-6-16-44(39)51/h2-35H,1H3. The van der Waals surface area contributed by atoms with Crippen molar-refractivity contribution in [3.05, 3.63) is 223 Å². The Hall–Kier alpha value is -6.74. The number of fused-ring (bicyclic) bond motifs is 7. The molecule has 0 N–H and O–H groups in total. The van der Waals surface area contributed by atoms with Crippen molar-refractivity contribution < 1.29 is 0 Å². The summed E-state index contributed by atoms with van der Waals surface area (Å²) >= 11 is 1.88. The number of anilines is 3. The highest BCUT2D eigenvalue weighted by Gasteiger charge is 2.40. The maximum absolute atomic E-state index is 2.46. The lowest BCUT2D eigenvalue weighted by Gasteiger charge is -2.28. The Morgan fingerprint density at radius 1 is 0.393 bits per heavy atom. The van der Waals surface area contributed by atoms with Gasteiger partial charge in [0.1, 0.15) is 0 Å². The smallest absolute Gasteiger partial charge is 0.0540 e. The van der Waals surface area contributed by atoms with E-state index in [0.717, 1.165) is 11.4 Å². The number of hydrogen-bond acceptors (Lipinski definition) is 2. The van der Waals surface area contributed by atoms with Crippen LogP contribution in [0.2, 0.25) is 0 Å². The van der Waals surface area contributed by atoms with Gasteiger partial charge in [0.25, 0.3) is 0 Å². The third-order valence-electron chi connectivity index (χ3n) is 12.0. The molecule has 1 nitrogen and oxygen atoms in total. The second-order valence-electron chi connectivity index (χ2n) is 15.0. The maximum Gasteiger partial charge on any atom is 0.0540 e. The molecule has 0 spiro atoms. The summed E-state index contributed by atoms with van der Waals surface area (Å²) in [5.41, 5.74) is 14.9. The molecule has 10 aromatic rings. The van der Waals surface area contributed by atoms with Crippen molar-refractivity contribution >= 4 is 59.3 Å². The molecule has 0 aliphatic heterocycles. The molecule has 264 valence electrons. The minimum absolute atomic E-state index is 0.211. The van der Waals surface area contributed by atoms with Crippen molar-refractivity contribution in [2.45, 2.75) is 12.3 Å². The number of para-hydroxylation sites is 1. The molecule has 0 unspecified atom stereocenters. The van der Waals surface area contributed by atoms with Gasteiger partial charge in [0.2, 0.25) is 0 Å². The van der Waals surface area contributed by atoms with Crippen molar-refractivity contribution in [1.82, 2.24) is 0 Å². The molecule has 0 saturated heterocycles. The van der Waals surface area contributed by atoms with E-state index in [0.29, 0.717) is 0 Å². The number of thiophene rings is 1. The third kappa shape index (κ3) is 5.14. The van der Waals surface area contributed by atoms with Gasteiger partial charge in [0, 0.05) is 42.3 Å². The van der Waals surface area contributed by atoms with Crippen molar-refractivity contribution in [2.75, 3.05) is 4.90 Å². The van der Waals surface area contributed by atoms with Gasteiger partial charge in [-0.3, -0.25) is 0 Å². The quantitative estimate of drug-likeness (QED) is 0.165. The minimum Gasteiger partial charge on any atom is -0.310 e. The molecule has 1 aromatic heterocycles. The SMILES string of the molecule is CC1(c2ccc3sc4ccc(-c5ccc(-c6ccc(N(c7ccccc7)c7cccc8ccccc78)cc6)cc5)cc4c3c2)c2ccccc2-c2ccccc21. The highest BCUT2D eigenvalue weighted by atomic mass is 32.1. The molecule has 9 aromatic carbocycles. The maximum atomic E-state index is 2.46. The number of nitrogens with zero attached hydrogens (tertiary/aromatic N) is 1. The molecule has 0 amide bonds. The normalized spacial score (nSPS) is 12.9. The first kappa shape index (κ1) is 32.7. The Bertz CT molecular complexity index is 3030. The van der Waals surface area contributed by atoms with Crippen LogP contribution >= 0.6 is 11.3 Å². The zero-order valence-corrected chi connectivity index (χ0v) is 31.8. The third-order valence-corrected chi connectivity index (χ3v) is 13.1. The molecule has 0 saturated carbocycles. The van der Waals surface area contributed by atoms with E-state index in [-0.39, 0.29) is 5.41 Å². The number of rotatable bonds is 6. The molecule has 0 radical (unpaired) electrons. The second kappa shape index (κ2) is 12.9. The van der Waals surface area contributed by atoms with Crippen LogP contribution in [0.3, 0.4) is 0 Å². The van der Waals surface area contributed by atoms with E-state index in [1.807, 2.05) is 11.3 Å². The molecular weight excluding hydrogens is 695 g/mol. The van der Waals surface area contributed by atoms with Crippen molar-refractivity contribution in [3.63, 3.8) is 0 Å². The Morgan fingerprint density at radius 3 is 1.62 bits per heavy atom. The Kier molecular flexibility index (Phi) is 7.55. The zero-order chi connectivity index (χ0) is 37.2. The lowest BCUT2D eigenvalue weighted by atomic mass is 9.74. The molecule has 0 atom stereocenters. The lowest BCUT2D eigenvalue weighted by Crippen LogP contribution is -2.22. The molecule has 11 rings (SSSR count). The second-order valence-corrected chi connectivity index (χ2v) is 16.1. The summed E-state index contributed by atoms with van der Waals surface area (Å²) in [6.07, 6.45) is 0. The van der Waals surface area contributed by atoms with Gasteiger partial charge in [-0.2, -0.15) is 0 Å².